The number of hydrogen-bond donors (Lipinski definition) is 0. The van der Waals surface area contributed by atoms with E-state index >= 15 is 0 Å². The van der Waals surface area contributed by atoms with Gasteiger partial charge in [-0.2, -0.15) is 0 Å². The number of ether oxygens (including phenoxy) is 1. The Bertz CT molecular complexity index is 463. The van der Waals surface area contributed by atoms with Crippen molar-refractivity contribution < 1.29 is 9.66 Å². The maximum absolute atomic E-state index is 10.6. The molecule has 2 aliphatic rings. The van der Waals surface area contributed by atoms with Crippen molar-refractivity contribution in [3.05, 3.63) is 34.4 Å². The normalized spacial score (nSPS) is 24.0. The van der Waals surface area contributed by atoms with E-state index in [0.717, 1.165) is 45.1 Å². The molecule has 6 nitrogen and oxygen atoms in total. The van der Waals surface area contributed by atoms with Crippen molar-refractivity contribution in [2.24, 2.45) is 0 Å². The van der Waals surface area contributed by atoms with Crippen LogP contribution >= 0.6 is 0 Å². The molecule has 0 saturated carbocycles. The third-order valence-corrected chi connectivity index (χ3v) is 3.86. The molecule has 0 aliphatic carbocycles. The van der Waals surface area contributed by atoms with Crippen molar-refractivity contribution in [3.8, 4) is 0 Å². The van der Waals surface area contributed by atoms with E-state index in [2.05, 4.69) is 9.80 Å². The van der Waals surface area contributed by atoms with E-state index < -0.39 is 0 Å². The van der Waals surface area contributed by atoms with E-state index in [1.807, 2.05) is 12.1 Å². The van der Waals surface area contributed by atoms with Crippen molar-refractivity contribution in [2.75, 3.05) is 44.3 Å². The summed E-state index contributed by atoms with van der Waals surface area (Å²) in [5.41, 5.74) is 1.19. The van der Waals surface area contributed by atoms with Crippen LogP contribution in [0, 0.1) is 10.1 Å². The fourth-order valence-corrected chi connectivity index (χ4v) is 2.77. The fourth-order valence-electron chi connectivity index (χ4n) is 2.77. The average Bonchev–Trinajstić information content (AvgIpc) is 2.47. The van der Waals surface area contributed by atoms with Crippen molar-refractivity contribution in [1.29, 1.82) is 0 Å². The number of nitro groups is 1. The average molecular weight is 263 g/mol. The molecular formula is C13H17N3O3. The molecule has 3 rings (SSSR count). The quantitative estimate of drug-likeness (QED) is 0.591. The topological polar surface area (TPSA) is 58.9 Å². The van der Waals surface area contributed by atoms with Crippen LogP contribution < -0.4 is 4.90 Å². The minimum atomic E-state index is -0.364. The second-order valence-electron chi connectivity index (χ2n) is 4.98. The predicted octanol–water partition coefficient (Wildman–Crippen LogP) is 1.12. The zero-order valence-electron chi connectivity index (χ0n) is 10.7. The van der Waals surface area contributed by atoms with Gasteiger partial charge in [0.25, 0.3) is 5.69 Å². The third-order valence-electron chi connectivity index (χ3n) is 3.86. The molecule has 0 aromatic heterocycles. The summed E-state index contributed by atoms with van der Waals surface area (Å²) in [6.45, 7) is 5.55. The first-order valence-electron chi connectivity index (χ1n) is 6.55. The molecular weight excluding hydrogens is 246 g/mol. The molecule has 0 amide bonds. The summed E-state index contributed by atoms with van der Waals surface area (Å²) >= 11 is 0. The van der Waals surface area contributed by atoms with Gasteiger partial charge in [0, 0.05) is 44.0 Å². The summed E-state index contributed by atoms with van der Waals surface area (Å²) in [6, 6.07) is 7.24. The van der Waals surface area contributed by atoms with Crippen molar-refractivity contribution in [1.82, 2.24) is 4.90 Å². The number of anilines is 1. The highest BCUT2D eigenvalue weighted by Crippen LogP contribution is 2.23. The van der Waals surface area contributed by atoms with Crippen molar-refractivity contribution in [3.63, 3.8) is 0 Å². The van der Waals surface area contributed by atoms with Crippen LogP contribution in [0.2, 0.25) is 0 Å². The second-order valence-corrected chi connectivity index (χ2v) is 4.98. The maximum atomic E-state index is 10.6. The number of non-ortho nitro benzene ring substituents is 1. The number of fused-ring (bicyclic) bond motifs is 1. The molecule has 0 bridgehead atoms. The minimum absolute atomic E-state index is 0.142. The largest absolute Gasteiger partial charge is 0.378 e. The molecule has 2 heterocycles. The summed E-state index contributed by atoms with van der Waals surface area (Å²) in [6.07, 6.45) is 0. The number of hydrogen-bond acceptors (Lipinski definition) is 5. The lowest BCUT2D eigenvalue weighted by molar-refractivity contribution is -0.384. The van der Waals surface area contributed by atoms with Crippen LogP contribution in [0.15, 0.2) is 24.3 Å². The number of nitro benzene ring substituents is 1. The highest BCUT2D eigenvalue weighted by Gasteiger charge is 2.29. The molecule has 1 atom stereocenters. The van der Waals surface area contributed by atoms with Gasteiger partial charge < -0.3 is 9.64 Å². The van der Waals surface area contributed by atoms with Crippen LogP contribution in [0.4, 0.5) is 11.4 Å². The molecule has 0 spiro atoms. The Morgan fingerprint density at radius 2 is 2.00 bits per heavy atom. The lowest BCUT2D eigenvalue weighted by atomic mass is 10.1. The SMILES string of the molecule is O=[N+]([O-])c1ccc(N2CCN3CCOC[C@H]3C2)cc1. The Labute approximate surface area is 111 Å². The first kappa shape index (κ1) is 12.4. The fraction of sp³-hybridized carbons (Fsp3) is 0.538. The zero-order chi connectivity index (χ0) is 13.2. The Morgan fingerprint density at radius 3 is 2.74 bits per heavy atom. The van der Waals surface area contributed by atoms with Crippen molar-refractivity contribution in [2.45, 2.75) is 6.04 Å². The molecule has 2 aliphatic heterocycles. The number of morpholine rings is 1. The van der Waals surface area contributed by atoms with E-state index in [4.69, 9.17) is 4.74 Å². The van der Waals surface area contributed by atoms with E-state index in [1.165, 1.54) is 0 Å². The summed E-state index contributed by atoms with van der Waals surface area (Å²) in [7, 11) is 0. The van der Waals surface area contributed by atoms with Gasteiger partial charge >= 0.3 is 0 Å². The molecule has 1 aromatic carbocycles. The van der Waals surface area contributed by atoms with Crippen molar-refractivity contribution >= 4 is 11.4 Å². The van der Waals surface area contributed by atoms with Crippen LogP contribution in [0.25, 0.3) is 0 Å². The van der Waals surface area contributed by atoms with Gasteiger partial charge in [-0.1, -0.05) is 0 Å². The molecule has 0 N–H and O–H groups in total. The molecule has 1 aromatic rings. The van der Waals surface area contributed by atoms with Gasteiger partial charge in [0.1, 0.15) is 0 Å². The monoisotopic (exact) mass is 263 g/mol. The van der Waals surface area contributed by atoms with Gasteiger partial charge in [-0.15, -0.1) is 0 Å². The molecule has 6 heteroatoms. The van der Waals surface area contributed by atoms with E-state index in [0.29, 0.717) is 6.04 Å². The highest BCUT2D eigenvalue weighted by molar-refractivity contribution is 5.51. The van der Waals surface area contributed by atoms with Crippen LogP contribution in [0.3, 0.4) is 0 Å². The minimum Gasteiger partial charge on any atom is -0.378 e. The van der Waals surface area contributed by atoms with Gasteiger partial charge in [0.15, 0.2) is 0 Å². The first-order chi connectivity index (χ1) is 9.24. The molecule has 0 unspecified atom stereocenters. The lowest BCUT2D eigenvalue weighted by Crippen LogP contribution is -2.58. The molecule has 19 heavy (non-hydrogen) atoms. The van der Waals surface area contributed by atoms with Gasteiger partial charge in [0.05, 0.1) is 24.2 Å². The van der Waals surface area contributed by atoms with E-state index in [9.17, 15) is 10.1 Å². The Morgan fingerprint density at radius 1 is 1.21 bits per heavy atom. The van der Waals surface area contributed by atoms with Gasteiger partial charge in [-0.25, -0.2) is 0 Å². The lowest BCUT2D eigenvalue weighted by Gasteiger charge is -2.44. The molecule has 2 fully saturated rings. The summed E-state index contributed by atoms with van der Waals surface area (Å²) in [5.74, 6) is 0. The molecule has 0 radical (unpaired) electrons. The van der Waals surface area contributed by atoms with E-state index in [-0.39, 0.29) is 10.6 Å². The smallest absolute Gasteiger partial charge is 0.269 e. The standard InChI is InChI=1S/C13H17N3O3/c17-16(18)12-3-1-11(2-4-12)15-6-5-14-7-8-19-10-13(14)9-15/h1-4,13H,5-10H2/t13-/m1/s1. The second kappa shape index (κ2) is 5.14. The van der Waals surface area contributed by atoms with Gasteiger partial charge in [-0.05, 0) is 12.1 Å². The molecule has 102 valence electrons. The Hall–Kier alpha value is -1.66. The van der Waals surface area contributed by atoms with Crippen LogP contribution in [0.1, 0.15) is 0 Å². The summed E-state index contributed by atoms with van der Waals surface area (Å²) in [4.78, 5) is 15.0. The summed E-state index contributed by atoms with van der Waals surface area (Å²) in [5, 5.41) is 10.6. The van der Waals surface area contributed by atoms with Crippen LogP contribution in [-0.4, -0.2) is 55.3 Å². The highest BCUT2D eigenvalue weighted by atomic mass is 16.6. The van der Waals surface area contributed by atoms with E-state index in [1.54, 1.807) is 12.1 Å². The van der Waals surface area contributed by atoms with Gasteiger partial charge in [0.2, 0.25) is 0 Å². The van der Waals surface area contributed by atoms with Gasteiger partial charge in [-0.3, -0.25) is 15.0 Å². The Balaban J connectivity index is 1.70. The van der Waals surface area contributed by atoms with Crippen LogP contribution in [0.5, 0.6) is 0 Å². The Kier molecular flexibility index (Phi) is 3.35. The number of piperazine rings is 1. The maximum Gasteiger partial charge on any atom is 0.269 e. The number of benzene rings is 1. The predicted molar refractivity (Wildman–Crippen MR) is 71.5 cm³/mol. The third kappa shape index (κ3) is 2.54. The summed E-state index contributed by atoms with van der Waals surface area (Å²) < 4.78 is 5.52. The molecule has 2 saturated heterocycles. The number of nitrogens with zero attached hydrogens (tertiary/aromatic N) is 3. The van der Waals surface area contributed by atoms with Crippen LogP contribution in [-0.2, 0) is 4.74 Å². The number of rotatable bonds is 2. The zero-order valence-corrected chi connectivity index (χ0v) is 10.7. The first-order valence-corrected chi connectivity index (χ1v) is 6.55.